The van der Waals surface area contributed by atoms with E-state index in [0.717, 1.165) is 12.8 Å². The number of aliphatic carboxylic acids is 1. The Bertz CT molecular complexity index is 416. The highest BCUT2D eigenvalue weighted by Crippen LogP contribution is 2.29. The molecule has 2 rings (SSSR count). The SMILES string of the molecule is O=C(O)C1CCCC(C(=O)NCc2ncc[nH]2)C1. The molecule has 1 amide bonds. The molecule has 0 aliphatic heterocycles. The molecule has 1 aliphatic carbocycles. The Kier molecular flexibility index (Phi) is 3.96. The van der Waals surface area contributed by atoms with E-state index in [0.29, 0.717) is 25.2 Å². The quantitative estimate of drug-likeness (QED) is 0.741. The summed E-state index contributed by atoms with van der Waals surface area (Å²) in [6.07, 6.45) is 6.02. The minimum atomic E-state index is -0.793. The first kappa shape index (κ1) is 12.6. The predicted octanol–water partition coefficient (Wildman–Crippen LogP) is 0.917. The molecule has 0 radical (unpaired) electrons. The van der Waals surface area contributed by atoms with Gasteiger partial charge in [0.1, 0.15) is 5.82 Å². The van der Waals surface area contributed by atoms with E-state index in [1.807, 2.05) is 0 Å². The highest BCUT2D eigenvalue weighted by atomic mass is 16.4. The highest BCUT2D eigenvalue weighted by molar-refractivity contribution is 5.80. The van der Waals surface area contributed by atoms with Crippen molar-refractivity contribution in [3.63, 3.8) is 0 Å². The molecule has 1 fully saturated rings. The first-order valence-electron chi connectivity index (χ1n) is 6.15. The molecule has 0 saturated heterocycles. The smallest absolute Gasteiger partial charge is 0.306 e. The van der Waals surface area contributed by atoms with Crippen LogP contribution in [-0.2, 0) is 16.1 Å². The van der Waals surface area contributed by atoms with Crippen molar-refractivity contribution < 1.29 is 14.7 Å². The number of carbonyl (C=O) groups excluding carboxylic acids is 1. The fourth-order valence-electron chi connectivity index (χ4n) is 2.36. The average Bonchev–Trinajstić information content (AvgIpc) is 2.89. The van der Waals surface area contributed by atoms with E-state index < -0.39 is 5.97 Å². The van der Waals surface area contributed by atoms with E-state index in [2.05, 4.69) is 15.3 Å². The zero-order valence-electron chi connectivity index (χ0n) is 10.1. The van der Waals surface area contributed by atoms with Crippen molar-refractivity contribution in [2.24, 2.45) is 11.8 Å². The third-order valence-electron chi connectivity index (χ3n) is 3.38. The summed E-state index contributed by atoms with van der Waals surface area (Å²) in [6, 6.07) is 0. The van der Waals surface area contributed by atoms with Crippen LogP contribution in [0.4, 0.5) is 0 Å². The standard InChI is InChI=1S/C12H17N3O3/c16-11(15-7-10-13-4-5-14-10)8-2-1-3-9(6-8)12(17)18/h4-5,8-9H,1-3,6-7H2,(H,13,14)(H,15,16)(H,17,18). The van der Waals surface area contributed by atoms with Gasteiger partial charge < -0.3 is 15.4 Å². The molecule has 0 spiro atoms. The lowest BCUT2D eigenvalue weighted by molar-refractivity contribution is -0.144. The molecule has 98 valence electrons. The number of H-pyrrole nitrogens is 1. The van der Waals surface area contributed by atoms with Crippen molar-refractivity contribution in [1.29, 1.82) is 0 Å². The molecule has 2 atom stereocenters. The van der Waals surface area contributed by atoms with Gasteiger partial charge in [0.25, 0.3) is 0 Å². The number of aromatic nitrogens is 2. The van der Waals surface area contributed by atoms with Crippen molar-refractivity contribution in [2.75, 3.05) is 0 Å². The Morgan fingerprint density at radius 3 is 2.89 bits per heavy atom. The first-order valence-corrected chi connectivity index (χ1v) is 6.15. The van der Waals surface area contributed by atoms with Gasteiger partial charge in [0.05, 0.1) is 12.5 Å². The minimum Gasteiger partial charge on any atom is -0.481 e. The number of hydrogen-bond donors (Lipinski definition) is 3. The molecule has 1 aliphatic rings. The molecule has 1 aromatic rings. The van der Waals surface area contributed by atoms with Gasteiger partial charge in [0.15, 0.2) is 0 Å². The number of imidazole rings is 1. The van der Waals surface area contributed by atoms with Crippen LogP contribution in [0.25, 0.3) is 0 Å². The van der Waals surface area contributed by atoms with E-state index in [9.17, 15) is 9.59 Å². The van der Waals surface area contributed by atoms with Crippen LogP contribution in [0, 0.1) is 11.8 Å². The molecular formula is C12H17N3O3. The van der Waals surface area contributed by atoms with Crippen LogP contribution in [0.1, 0.15) is 31.5 Å². The lowest BCUT2D eigenvalue weighted by Gasteiger charge is -2.25. The topological polar surface area (TPSA) is 95.1 Å². The number of nitrogens with one attached hydrogen (secondary N) is 2. The number of nitrogens with zero attached hydrogens (tertiary/aromatic N) is 1. The number of carboxylic acid groups (broad SMARTS) is 1. The van der Waals surface area contributed by atoms with Gasteiger partial charge in [-0.15, -0.1) is 0 Å². The van der Waals surface area contributed by atoms with Gasteiger partial charge in [-0.2, -0.15) is 0 Å². The summed E-state index contributed by atoms with van der Waals surface area (Å²) in [5.41, 5.74) is 0. The third kappa shape index (κ3) is 3.09. The van der Waals surface area contributed by atoms with Gasteiger partial charge in [-0.1, -0.05) is 6.42 Å². The Balaban J connectivity index is 1.83. The van der Waals surface area contributed by atoms with E-state index >= 15 is 0 Å². The Morgan fingerprint density at radius 1 is 1.44 bits per heavy atom. The van der Waals surface area contributed by atoms with Crippen molar-refractivity contribution in [3.05, 3.63) is 18.2 Å². The van der Waals surface area contributed by atoms with E-state index in [4.69, 9.17) is 5.11 Å². The second kappa shape index (κ2) is 5.66. The highest BCUT2D eigenvalue weighted by Gasteiger charge is 2.30. The van der Waals surface area contributed by atoms with E-state index in [1.54, 1.807) is 12.4 Å². The largest absolute Gasteiger partial charge is 0.481 e. The van der Waals surface area contributed by atoms with Crippen LogP contribution in [0.3, 0.4) is 0 Å². The van der Waals surface area contributed by atoms with Gasteiger partial charge in [-0.25, -0.2) is 4.98 Å². The molecule has 6 heteroatoms. The third-order valence-corrected chi connectivity index (χ3v) is 3.38. The summed E-state index contributed by atoms with van der Waals surface area (Å²) in [5.74, 6) is -0.724. The molecule has 6 nitrogen and oxygen atoms in total. The predicted molar refractivity (Wildman–Crippen MR) is 63.5 cm³/mol. The lowest BCUT2D eigenvalue weighted by atomic mass is 9.81. The van der Waals surface area contributed by atoms with Crippen LogP contribution in [0.15, 0.2) is 12.4 Å². The molecular weight excluding hydrogens is 234 g/mol. The van der Waals surface area contributed by atoms with Gasteiger partial charge >= 0.3 is 5.97 Å². The molecule has 18 heavy (non-hydrogen) atoms. The summed E-state index contributed by atoms with van der Waals surface area (Å²) < 4.78 is 0. The van der Waals surface area contributed by atoms with Crippen LogP contribution in [0.5, 0.6) is 0 Å². The second-order valence-electron chi connectivity index (χ2n) is 4.65. The number of rotatable bonds is 4. The van der Waals surface area contributed by atoms with Crippen molar-refractivity contribution in [3.8, 4) is 0 Å². The van der Waals surface area contributed by atoms with E-state index in [-0.39, 0.29) is 17.7 Å². The maximum Gasteiger partial charge on any atom is 0.306 e. The zero-order chi connectivity index (χ0) is 13.0. The molecule has 1 aromatic heterocycles. The van der Waals surface area contributed by atoms with Crippen LogP contribution in [-0.4, -0.2) is 27.0 Å². The Morgan fingerprint density at radius 2 is 2.22 bits per heavy atom. The molecule has 0 aromatic carbocycles. The van der Waals surface area contributed by atoms with Crippen molar-refractivity contribution in [1.82, 2.24) is 15.3 Å². The van der Waals surface area contributed by atoms with Crippen molar-refractivity contribution in [2.45, 2.75) is 32.2 Å². The van der Waals surface area contributed by atoms with Crippen LogP contribution in [0.2, 0.25) is 0 Å². The summed E-state index contributed by atoms with van der Waals surface area (Å²) in [4.78, 5) is 29.8. The molecule has 1 heterocycles. The Labute approximate surface area is 105 Å². The number of aromatic amines is 1. The maximum absolute atomic E-state index is 11.9. The van der Waals surface area contributed by atoms with Gasteiger partial charge in [-0.05, 0) is 19.3 Å². The normalized spacial score (nSPS) is 23.6. The fourth-order valence-corrected chi connectivity index (χ4v) is 2.36. The monoisotopic (exact) mass is 251 g/mol. The fraction of sp³-hybridized carbons (Fsp3) is 0.583. The number of amides is 1. The summed E-state index contributed by atoms with van der Waals surface area (Å²) >= 11 is 0. The minimum absolute atomic E-state index is 0.0719. The van der Waals surface area contributed by atoms with Crippen LogP contribution < -0.4 is 5.32 Å². The molecule has 3 N–H and O–H groups in total. The maximum atomic E-state index is 11.9. The molecule has 0 bridgehead atoms. The first-order chi connectivity index (χ1) is 8.66. The summed E-state index contributed by atoms with van der Waals surface area (Å²) in [6.45, 7) is 0.361. The number of carbonyl (C=O) groups is 2. The average molecular weight is 251 g/mol. The van der Waals surface area contributed by atoms with Gasteiger partial charge in [-0.3, -0.25) is 9.59 Å². The lowest BCUT2D eigenvalue weighted by Crippen LogP contribution is -2.35. The van der Waals surface area contributed by atoms with Crippen molar-refractivity contribution >= 4 is 11.9 Å². The zero-order valence-corrected chi connectivity index (χ0v) is 10.1. The van der Waals surface area contributed by atoms with Gasteiger partial charge in [0.2, 0.25) is 5.91 Å². The van der Waals surface area contributed by atoms with Gasteiger partial charge in [0, 0.05) is 18.3 Å². The van der Waals surface area contributed by atoms with Crippen LogP contribution >= 0.6 is 0 Å². The summed E-state index contributed by atoms with van der Waals surface area (Å²) in [7, 11) is 0. The summed E-state index contributed by atoms with van der Waals surface area (Å²) in [5, 5.41) is 11.8. The second-order valence-corrected chi connectivity index (χ2v) is 4.65. The number of hydrogen-bond acceptors (Lipinski definition) is 3. The molecule has 1 saturated carbocycles. The van der Waals surface area contributed by atoms with E-state index in [1.165, 1.54) is 0 Å². The Hall–Kier alpha value is -1.85. The number of carboxylic acids is 1. The molecule has 2 unspecified atom stereocenters.